The monoisotopic (exact) mass is 336 g/mol. The topological polar surface area (TPSA) is 64.3 Å². The largest absolute Gasteiger partial charge is 0.488 e. The minimum Gasteiger partial charge on any atom is -0.488 e. The Morgan fingerprint density at radius 1 is 1.36 bits per heavy atom. The number of hydrogen-bond acceptors (Lipinski definition) is 4. The zero-order chi connectivity index (χ0) is 16.1. The van der Waals surface area contributed by atoms with Crippen LogP contribution in [0.4, 0.5) is 11.4 Å². The molecule has 0 aliphatic rings. The summed E-state index contributed by atoms with van der Waals surface area (Å²) in [5, 5.41) is 2.73. The standard InChI is InChI=1S/C16H17ClN2O2S/c1-10(2)7-16(20)19-14-5-3-11(8-13(14)18)21-9-12-4-6-15(17)22-12/h3-8H,9,18H2,1-2H3,(H,19,20). The zero-order valence-corrected chi connectivity index (χ0v) is 13.9. The van der Waals surface area contributed by atoms with Crippen LogP contribution in [-0.2, 0) is 11.4 Å². The highest BCUT2D eigenvalue weighted by molar-refractivity contribution is 7.16. The van der Waals surface area contributed by atoms with Crippen LogP contribution >= 0.6 is 22.9 Å². The summed E-state index contributed by atoms with van der Waals surface area (Å²) in [5.41, 5.74) is 7.88. The van der Waals surface area contributed by atoms with Gasteiger partial charge in [-0.05, 0) is 38.1 Å². The van der Waals surface area contributed by atoms with Crippen molar-refractivity contribution in [3.8, 4) is 5.75 Å². The lowest BCUT2D eigenvalue weighted by atomic mass is 10.2. The molecule has 0 fully saturated rings. The van der Waals surface area contributed by atoms with E-state index in [1.807, 2.05) is 26.0 Å². The van der Waals surface area contributed by atoms with E-state index < -0.39 is 0 Å². The van der Waals surface area contributed by atoms with Crippen molar-refractivity contribution in [3.05, 3.63) is 51.2 Å². The van der Waals surface area contributed by atoms with Gasteiger partial charge in [-0.3, -0.25) is 4.79 Å². The Morgan fingerprint density at radius 2 is 2.14 bits per heavy atom. The van der Waals surface area contributed by atoms with Crippen LogP contribution < -0.4 is 15.8 Å². The molecule has 1 heterocycles. The number of nitrogens with one attached hydrogen (secondary N) is 1. The Kier molecular flexibility index (Phi) is 5.46. The Labute approximate surface area is 138 Å². The molecule has 22 heavy (non-hydrogen) atoms. The van der Waals surface area contributed by atoms with Crippen LogP contribution in [-0.4, -0.2) is 5.91 Å². The number of rotatable bonds is 5. The average molecular weight is 337 g/mol. The van der Waals surface area contributed by atoms with Gasteiger partial charge in [-0.2, -0.15) is 0 Å². The predicted molar refractivity (Wildman–Crippen MR) is 92.6 cm³/mol. The molecule has 0 radical (unpaired) electrons. The van der Waals surface area contributed by atoms with Crippen molar-refractivity contribution in [2.75, 3.05) is 11.1 Å². The van der Waals surface area contributed by atoms with Gasteiger partial charge < -0.3 is 15.8 Å². The maximum Gasteiger partial charge on any atom is 0.248 e. The van der Waals surface area contributed by atoms with Crippen molar-refractivity contribution in [2.24, 2.45) is 0 Å². The number of nitrogens with two attached hydrogens (primary N) is 1. The number of hydrogen-bond donors (Lipinski definition) is 2. The molecule has 1 amide bonds. The molecule has 0 aliphatic heterocycles. The predicted octanol–water partition coefficient (Wildman–Crippen LogP) is 4.47. The first kappa shape index (κ1) is 16.4. The Balaban J connectivity index is 2.00. The summed E-state index contributed by atoms with van der Waals surface area (Å²) in [6.07, 6.45) is 1.52. The molecule has 3 N–H and O–H groups in total. The average Bonchev–Trinajstić information content (AvgIpc) is 2.84. The Morgan fingerprint density at radius 3 is 2.73 bits per heavy atom. The highest BCUT2D eigenvalue weighted by Gasteiger charge is 2.06. The first-order valence-corrected chi connectivity index (χ1v) is 7.86. The van der Waals surface area contributed by atoms with E-state index in [-0.39, 0.29) is 5.91 Å². The van der Waals surface area contributed by atoms with Crippen LogP contribution in [0.1, 0.15) is 18.7 Å². The fourth-order valence-corrected chi connectivity index (χ4v) is 2.76. The lowest BCUT2D eigenvalue weighted by Crippen LogP contribution is -2.10. The lowest BCUT2D eigenvalue weighted by molar-refractivity contribution is -0.111. The summed E-state index contributed by atoms with van der Waals surface area (Å²) in [5.74, 6) is 0.441. The second-order valence-corrected chi connectivity index (χ2v) is 6.75. The van der Waals surface area contributed by atoms with Gasteiger partial charge in [0, 0.05) is 17.0 Å². The van der Waals surface area contributed by atoms with Gasteiger partial charge in [-0.15, -0.1) is 11.3 Å². The van der Waals surface area contributed by atoms with E-state index >= 15 is 0 Å². The minimum absolute atomic E-state index is 0.200. The molecule has 6 heteroatoms. The van der Waals surface area contributed by atoms with Crippen molar-refractivity contribution in [1.29, 1.82) is 0 Å². The molecule has 4 nitrogen and oxygen atoms in total. The normalized spacial score (nSPS) is 10.1. The molecular formula is C16H17ClN2O2S. The van der Waals surface area contributed by atoms with Crippen LogP contribution in [0.3, 0.4) is 0 Å². The van der Waals surface area contributed by atoms with E-state index in [1.54, 1.807) is 18.2 Å². The third-order valence-corrected chi connectivity index (χ3v) is 3.92. The quantitative estimate of drug-likeness (QED) is 0.625. The number of carbonyl (C=O) groups is 1. The SMILES string of the molecule is CC(C)=CC(=O)Nc1ccc(OCc2ccc(Cl)s2)cc1N. The molecule has 0 unspecified atom stereocenters. The summed E-state index contributed by atoms with van der Waals surface area (Å²) in [4.78, 5) is 12.7. The molecule has 0 saturated heterocycles. The fourth-order valence-electron chi connectivity index (χ4n) is 1.76. The van der Waals surface area contributed by atoms with Crippen molar-refractivity contribution in [1.82, 2.24) is 0 Å². The molecule has 0 spiro atoms. The first-order chi connectivity index (χ1) is 10.4. The first-order valence-electron chi connectivity index (χ1n) is 6.66. The number of thiophene rings is 1. The minimum atomic E-state index is -0.200. The highest BCUT2D eigenvalue weighted by atomic mass is 35.5. The smallest absolute Gasteiger partial charge is 0.248 e. The Bertz CT molecular complexity index is 706. The Hall–Kier alpha value is -1.98. The van der Waals surface area contributed by atoms with Gasteiger partial charge in [0.15, 0.2) is 0 Å². The van der Waals surface area contributed by atoms with Crippen LogP contribution in [0.2, 0.25) is 4.34 Å². The van der Waals surface area contributed by atoms with Crippen LogP contribution in [0.25, 0.3) is 0 Å². The van der Waals surface area contributed by atoms with Gasteiger partial charge in [0.2, 0.25) is 5.91 Å². The van der Waals surface area contributed by atoms with Crippen molar-refractivity contribution in [2.45, 2.75) is 20.5 Å². The van der Waals surface area contributed by atoms with Gasteiger partial charge in [0.1, 0.15) is 12.4 Å². The van der Waals surface area contributed by atoms with Gasteiger partial charge >= 0.3 is 0 Å². The third kappa shape index (κ3) is 4.79. The molecule has 0 bridgehead atoms. The van der Waals surface area contributed by atoms with E-state index in [2.05, 4.69) is 5.32 Å². The number of halogens is 1. The van der Waals surface area contributed by atoms with E-state index in [0.29, 0.717) is 23.7 Å². The summed E-state index contributed by atoms with van der Waals surface area (Å²) in [6, 6.07) is 8.94. The fraction of sp³-hybridized carbons (Fsp3) is 0.188. The number of anilines is 2. The maximum absolute atomic E-state index is 11.7. The van der Waals surface area contributed by atoms with Crippen molar-refractivity contribution >= 4 is 40.2 Å². The molecular weight excluding hydrogens is 320 g/mol. The number of nitrogen functional groups attached to an aromatic ring is 1. The molecule has 2 rings (SSSR count). The third-order valence-electron chi connectivity index (χ3n) is 2.71. The number of allylic oxidation sites excluding steroid dienone is 1. The molecule has 2 aromatic rings. The van der Waals surface area contributed by atoms with Crippen molar-refractivity contribution in [3.63, 3.8) is 0 Å². The molecule has 1 aromatic heterocycles. The summed E-state index contributed by atoms with van der Waals surface area (Å²) < 4.78 is 6.39. The molecule has 0 atom stereocenters. The highest BCUT2D eigenvalue weighted by Crippen LogP contribution is 2.27. The molecule has 1 aromatic carbocycles. The van der Waals surface area contributed by atoms with E-state index in [4.69, 9.17) is 22.1 Å². The molecule has 0 aliphatic carbocycles. The number of carbonyl (C=O) groups excluding carboxylic acids is 1. The van der Waals surface area contributed by atoms with Crippen LogP contribution in [0.5, 0.6) is 5.75 Å². The summed E-state index contributed by atoms with van der Waals surface area (Å²) in [7, 11) is 0. The van der Waals surface area contributed by atoms with Crippen molar-refractivity contribution < 1.29 is 9.53 Å². The van der Waals surface area contributed by atoms with Crippen LogP contribution in [0.15, 0.2) is 42.0 Å². The van der Waals surface area contributed by atoms with E-state index in [1.165, 1.54) is 17.4 Å². The van der Waals surface area contributed by atoms with Crippen LogP contribution in [0, 0.1) is 0 Å². The van der Waals surface area contributed by atoms with Gasteiger partial charge in [-0.1, -0.05) is 17.2 Å². The second-order valence-electron chi connectivity index (χ2n) is 4.95. The van der Waals surface area contributed by atoms with Gasteiger partial charge in [0.05, 0.1) is 15.7 Å². The number of benzene rings is 1. The second kappa shape index (κ2) is 7.33. The number of amides is 1. The summed E-state index contributed by atoms with van der Waals surface area (Å²) in [6.45, 7) is 4.15. The zero-order valence-electron chi connectivity index (χ0n) is 12.4. The van der Waals surface area contributed by atoms with Gasteiger partial charge in [-0.25, -0.2) is 0 Å². The van der Waals surface area contributed by atoms with E-state index in [9.17, 15) is 4.79 Å². The number of ether oxygens (including phenoxy) is 1. The van der Waals surface area contributed by atoms with Gasteiger partial charge in [0.25, 0.3) is 0 Å². The summed E-state index contributed by atoms with van der Waals surface area (Å²) >= 11 is 7.34. The lowest BCUT2D eigenvalue weighted by Gasteiger charge is -2.10. The maximum atomic E-state index is 11.7. The molecule has 116 valence electrons. The van der Waals surface area contributed by atoms with E-state index in [0.717, 1.165) is 14.8 Å². The molecule has 0 saturated carbocycles.